The van der Waals surface area contributed by atoms with E-state index in [0.717, 1.165) is 30.5 Å². The van der Waals surface area contributed by atoms with E-state index in [-0.39, 0.29) is 11.6 Å². The Kier molecular flexibility index (Phi) is 4.81. The minimum Gasteiger partial charge on any atom is -0.497 e. The molecule has 1 aromatic carbocycles. The van der Waals surface area contributed by atoms with Gasteiger partial charge in [0.1, 0.15) is 12.0 Å². The molecule has 0 aromatic heterocycles. The maximum Gasteiger partial charge on any atom is 0.119 e. The molecule has 2 aliphatic heterocycles. The number of likely N-dealkylation sites (tertiary alicyclic amines) is 1. The molecule has 0 saturated carbocycles. The molecule has 2 aliphatic rings. The van der Waals surface area contributed by atoms with Crippen LogP contribution in [0.4, 0.5) is 0 Å². The molecule has 0 N–H and O–H groups in total. The highest BCUT2D eigenvalue weighted by molar-refractivity contribution is 9.09. The van der Waals surface area contributed by atoms with E-state index in [4.69, 9.17) is 9.47 Å². The molecule has 2 fully saturated rings. The number of ether oxygens (including phenoxy) is 2. The number of halogens is 1. The summed E-state index contributed by atoms with van der Waals surface area (Å²) in [4.78, 5) is 2.38. The van der Waals surface area contributed by atoms with Gasteiger partial charge in [-0.05, 0) is 44.0 Å². The van der Waals surface area contributed by atoms with Gasteiger partial charge in [0, 0.05) is 23.2 Å². The minimum atomic E-state index is 0.205. The highest BCUT2D eigenvalue weighted by Crippen LogP contribution is 2.50. The molecular weight excluding hydrogens is 342 g/mol. The second kappa shape index (κ2) is 6.50. The second-order valence-electron chi connectivity index (χ2n) is 6.74. The van der Waals surface area contributed by atoms with Crippen LogP contribution in [-0.4, -0.2) is 43.3 Å². The van der Waals surface area contributed by atoms with Crippen LogP contribution in [0, 0.1) is 5.92 Å². The van der Waals surface area contributed by atoms with Gasteiger partial charge in [0.15, 0.2) is 0 Å². The Hall–Kier alpha value is -0.580. The fraction of sp³-hybridized carbons (Fsp3) is 0.667. The van der Waals surface area contributed by atoms with Crippen molar-refractivity contribution in [1.82, 2.24) is 4.90 Å². The highest BCUT2D eigenvalue weighted by atomic mass is 79.9. The van der Waals surface area contributed by atoms with E-state index in [9.17, 15) is 0 Å². The first-order valence-corrected chi connectivity index (χ1v) is 9.29. The van der Waals surface area contributed by atoms with Gasteiger partial charge >= 0.3 is 0 Å². The Morgan fingerprint density at radius 2 is 2.27 bits per heavy atom. The Balaban J connectivity index is 1.99. The summed E-state index contributed by atoms with van der Waals surface area (Å²) in [5, 5.41) is 0.997. The first kappa shape index (κ1) is 16.3. The summed E-state index contributed by atoms with van der Waals surface area (Å²) in [6.45, 7) is 3.44. The Bertz CT molecular complexity index is 524. The molecule has 0 radical (unpaired) electrons. The van der Waals surface area contributed by atoms with Crippen LogP contribution in [-0.2, 0) is 10.2 Å². The van der Waals surface area contributed by atoms with Gasteiger partial charge in [-0.2, -0.15) is 0 Å². The Morgan fingerprint density at radius 1 is 1.45 bits per heavy atom. The topological polar surface area (TPSA) is 21.7 Å². The molecule has 4 heteroatoms. The molecule has 1 aromatic rings. The lowest BCUT2D eigenvalue weighted by Crippen LogP contribution is -2.60. The van der Waals surface area contributed by atoms with Crippen molar-refractivity contribution in [1.29, 1.82) is 0 Å². The number of benzene rings is 1. The molecular formula is C18H26BrNO2. The molecule has 0 spiro atoms. The molecule has 0 aliphatic carbocycles. The van der Waals surface area contributed by atoms with Gasteiger partial charge in [-0.3, -0.25) is 4.90 Å². The summed E-state index contributed by atoms with van der Waals surface area (Å²) < 4.78 is 11.9. The van der Waals surface area contributed by atoms with Gasteiger partial charge in [-0.25, -0.2) is 0 Å². The average molecular weight is 368 g/mol. The monoisotopic (exact) mass is 367 g/mol. The number of rotatable bonds is 4. The summed E-state index contributed by atoms with van der Waals surface area (Å²) in [7, 11) is 3.93. The zero-order chi connectivity index (χ0) is 15.7. The summed E-state index contributed by atoms with van der Waals surface area (Å²) in [6.07, 6.45) is 3.92. The van der Waals surface area contributed by atoms with Crippen molar-refractivity contribution in [2.75, 3.05) is 26.0 Å². The number of fused-ring (bicyclic) bond motifs is 2. The second-order valence-corrected chi connectivity index (χ2v) is 7.53. The first-order chi connectivity index (χ1) is 10.6. The van der Waals surface area contributed by atoms with Crippen LogP contribution in [0.3, 0.4) is 0 Å². The maximum atomic E-state index is 6.39. The highest BCUT2D eigenvalue weighted by Gasteiger charge is 2.52. The van der Waals surface area contributed by atoms with Crippen LogP contribution in [0.2, 0.25) is 0 Å². The molecule has 2 saturated heterocycles. The number of hydrogen-bond donors (Lipinski definition) is 0. The standard InChI is InChI=1S/C18H26BrNO2/c1-13-17-20(2)10-8-18(13,12-16(22-17)7-9-19)14-5-4-6-15(11-14)21-3/h4-6,11,13,16-17H,7-10,12H2,1-3H3/t13?,16?,17-,18-/m0/s1. The lowest BCUT2D eigenvalue weighted by molar-refractivity contribution is -0.201. The fourth-order valence-electron chi connectivity index (χ4n) is 4.30. The number of nitrogens with zero attached hydrogens (tertiary/aromatic N) is 1. The van der Waals surface area contributed by atoms with E-state index in [1.165, 1.54) is 12.0 Å². The molecule has 3 rings (SSSR count). The number of hydrogen-bond acceptors (Lipinski definition) is 3. The quantitative estimate of drug-likeness (QED) is 0.755. The summed E-state index contributed by atoms with van der Waals surface area (Å²) in [5.74, 6) is 1.45. The molecule has 3 nitrogen and oxygen atoms in total. The first-order valence-electron chi connectivity index (χ1n) is 8.17. The van der Waals surface area contributed by atoms with E-state index in [2.05, 4.69) is 53.0 Å². The number of methoxy groups -OCH3 is 1. The predicted octanol–water partition coefficient (Wildman–Crippen LogP) is 3.80. The summed E-state index contributed by atoms with van der Waals surface area (Å²) in [6, 6.07) is 8.66. The van der Waals surface area contributed by atoms with E-state index < -0.39 is 0 Å². The smallest absolute Gasteiger partial charge is 0.119 e. The van der Waals surface area contributed by atoms with Crippen molar-refractivity contribution in [2.45, 2.75) is 43.9 Å². The van der Waals surface area contributed by atoms with Gasteiger partial charge < -0.3 is 9.47 Å². The third-order valence-corrected chi connectivity index (χ3v) is 6.10. The number of piperidine rings is 1. The van der Waals surface area contributed by atoms with Crippen LogP contribution >= 0.6 is 15.9 Å². The van der Waals surface area contributed by atoms with Gasteiger partial charge in [-0.1, -0.05) is 35.0 Å². The maximum absolute atomic E-state index is 6.39. The Labute approximate surface area is 142 Å². The van der Waals surface area contributed by atoms with Gasteiger partial charge in [0.2, 0.25) is 0 Å². The van der Waals surface area contributed by atoms with Crippen LogP contribution in [0.25, 0.3) is 0 Å². The lowest BCUT2D eigenvalue weighted by Gasteiger charge is -2.56. The normalized spacial score (nSPS) is 35.4. The summed E-state index contributed by atoms with van der Waals surface area (Å²) >= 11 is 3.58. The van der Waals surface area contributed by atoms with Crippen LogP contribution < -0.4 is 4.74 Å². The molecule has 2 heterocycles. The van der Waals surface area contributed by atoms with Crippen LogP contribution in [0.15, 0.2) is 24.3 Å². The van der Waals surface area contributed by atoms with Crippen molar-refractivity contribution < 1.29 is 9.47 Å². The molecule has 0 amide bonds. The van der Waals surface area contributed by atoms with Gasteiger partial charge in [-0.15, -0.1) is 0 Å². The zero-order valence-corrected chi connectivity index (χ0v) is 15.3. The van der Waals surface area contributed by atoms with Crippen molar-refractivity contribution in [3.8, 4) is 5.75 Å². The van der Waals surface area contributed by atoms with E-state index in [1.54, 1.807) is 7.11 Å². The third-order valence-electron chi connectivity index (χ3n) is 5.64. The molecule has 122 valence electrons. The average Bonchev–Trinajstić information content (AvgIpc) is 2.53. The van der Waals surface area contributed by atoms with Crippen molar-refractivity contribution in [3.05, 3.63) is 29.8 Å². The molecule has 22 heavy (non-hydrogen) atoms. The molecule has 2 unspecified atom stereocenters. The van der Waals surface area contributed by atoms with E-state index in [0.29, 0.717) is 12.0 Å². The van der Waals surface area contributed by atoms with Crippen molar-refractivity contribution in [2.24, 2.45) is 5.92 Å². The van der Waals surface area contributed by atoms with Gasteiger partial charge in [0.05, 0.1) is 13.2 Å². The van der Waals surface area contributed by atoms with Crippen LogP contribution in [0.1, 0.15) is 31.7 Å². The van der Waals surface area contributed by atoms with Crippen LogP contribution in [0.5, 0.6) is 5.75 Å². The van der Waals surface area contributed by atoms with E-state index in [1.807, 2.05) is 6.07 Å². The minimum absolute atomic E-state index is 0.205. The lowest BCUT2D eigenvalue weighted by atomic mass is 9.61. The number of alkyl halides is 1. The Morgan fingerprint density at radius 3 is 3.00 bits per heavy atom. The molecule has 4 atom stereocenters. The van der Waals surface area contributed by atoms with Gasteiger partial charge in [0.25, 0.3) is 0 Å². The fourth-order valence-corrected chi connectivity index (χ4v) is 4.81. The SMILES string of the molecule is COc1cccc([C@@]23CCN(C)[C@@H](OC(CCBr)C2)C3C)c1. The van der Waals surface area contributed by atoms with Crippen molar-refractivity contribution in [3.63, 3.8) is 0 Å². The van der Waals surface area contributed by atoms with E-state index >= 15 is 0 Å². The largest absolute Gasteiger partial charge is 0.497 e. The predicted molar refractivity (Wildman–Crippen MR) is 92.8 cm³/mol. The zero-order valence-electron chi connectivity index (χ0n) is 13.7. The molecule has 2 bridgehead atoms. The third kappa shape index (κ3) is 2.70. The summed E-state index contributed by atoms with van der Waals surface area (Å²) in [5.41, 5.74) is 1.62. The van der Waals surface area contributed by atoms with Crippen molar-refractivity contribution >= 4 is 15.9 Å².